The summed E-state index contributed by atoms with van der Waals surface area (Å²) in [4.78, 5) is 12.7. The molecule has 1 fully saturated rings. The highest BCUT2D eigenvalue weighted by Crippen LogP contribution is 2.39. The molecule has 0 spiro atoms. The first-order chi connectivity index (χ1) is 19.9. The summed E-state index contributed by atoms with van der Waals surface area (Å²) < 4.78 is 61.2. The Labute approximate surface area is 240 Å². The van der Waals surface area contributed by atoms with Crippen LogP contribution in [0.1, 0.15) is 69.8 Å². The van der Waals surface area contributed by atoms with Gasteiger partial charge in [0.05, 0.1) is 19.1 Å². The summed E-state index contributed by atoms with van der Waals surface area (Å²) >= 11 is 0. The third kappa shape index (κ3) is 7.93. The number of benzene rings is 3. The smallest absolute Gasteiger partial charge is 0.314 e. The van der Waals surface area contributed by atoms with E-state index in [9.17, 15) is 9.18 Å². The highest BCUT2D eigenvalue weighted by atomic mass is 19.2. The van der Waals surface area contributed by atoms with E-state index in [4.69, 9.17) is 14.2 Å². The number of halogens is 3. The molecule has 41 heavy (non-hydrogen) atoms. The summed E-state index contributed by atoms with van der Waals surface area (Å²) in [5, 5.41) is 0. The lowest BCUT2D eigenvalue weighted by Crippen LogP contribution is -2.25. The first-order valence-corrected chi connectivity index (χ1v) is 14.4. The number of carbonyl (C=O) groups is 1. The Morgan fingerprint density at radius 2 is 1.59 bits per heavy atom. The van der Waals surface area contributed by atoms with E-state index >= 15 is 8.78 Å². The molecule has 0 atom stereocenters. The predicted octanol–water partition coefficient (Wildman–Crippen LogP) is 9.17. The van der Waals surface area contributed by atoms with Gasteiger partial charge in [-0.15, -0.1) is 6.58 Å². The van der Waals surface area contributed by atoms with Gasteiger partial charge in [0.2, 0.25) is 0 Å². The molecule has 218 valence electrons. The molecule has 0 aliphatic heterocycles. The molecular formula is C34H37F3O4. The van der Waals surface area contributed by atoms with Crippen LogP contribution in [0.15, 0.2) is 67.3 Å². The van der Waals surface area contributed by atoms with Crippen molar-refractivity contribution < 1.29 is 32.2 Å². The van der Waals surface area contributed by atoms with Crippen LogP contribution in [0, 0.1) is 23.4 Å². The summed E-state index contributed by atoms with van der Waals surface area (Å²) in [6, 6.07) is 14.3. The maximum absolute atomic E-state index is 15.2. The van der Waals surface area contributed by atoms with Gasteiger partial charge < -0.3 is 14.2 Å². The van der Waals surface area contributed by atoms with Crippen LogP contribution < -0.4 is 14.2 Å². The minimum atomic E-state index is -0.876. The van der Waals surface area contributed by atoms with Gasteiger partial charge in [0, 0.05) is 11.6 Å². The van der Waals surface area contributed by atoms with Crippen molar-refractivity contribution in [2.24, 2.45) is 5.92 Å². The highest BCUT2D eigenvalue weighted by molar-refractivity contribution is 5.75. The number of carbonyl (C=O) groups excluding carboxylic acids is 1. The van der Waals surface area contributed by atoms with E-state index in [-0.39, 0.29) is 23.0 Å². The zero-order valence-electron chi connectivity index (χ0n) is 23.5. The van der Waals surface area contributed by atoms with Crippen molar-refractivity contribution in [2.75, 3.05) is 13.2 Å². The fourth-order valence-corrected chi connectivity index (χ4v) is 5.08. The molecule has 4 nitrogen and oxygen atoms in total. The summed E-state index contributed by atoms with van der Waals surface area (Å²) in [6.45, 7) is 6.70. The van der Waals surface area contributed by atoms with E-state index in [1.807, 2.05) is 0 Å². The SMILES string of the molecule is C=CCCCOc1ccc(OC(=O)C2CCC(c3ccc(-c4ccc(OCCCC)cc4)c(F)c3F)CC2)cc1F. The van der Waals surface area contributed by atoms with Crippen molar-refractivity contribution >= 4 is 5.97 Å². The van der Waals surface area contributed by atoms with Gasteiger partial charge in [-0.3, -0.25) is 4.79 Å². The maximum Gasteiger partial charge on any atom is 0.314 e. The molecule has 0 unspecified atom stereocenters. The van der Waals surface area contributed by atoms with Crippen molar-refractivity contribution in [2.45, 2.75) is 64.2 Å². The van der Waals surface area contributed by atoms with Gasteiger partial charge in [-0.2, -0.15) is 0 Å². The Kier molecular flexibility index (Phi) is 10.9. The molecule has 7 heteroatoms. The number of hydrogen-bond donors (Lipinski definition) is 0. The number of unbranched alkanes of at least 4 members (excludes halogenated alkanes) is 2. The monoisotopic (exact) mass is 566 g/mol. The van der Waals surface area contributed by atoms with Gasteiger partial charge in [0.1, 0.15) is 11.5 Å². The normalized spacial score (nSPS) is 16.7. The summed E-state index contributed by atoms with van der Waals surface area (Å²) in [7, 11) is 0. The van der Waals surface area contributed by atoms with E-state index in [1.54, 1.807) is 42.5 Å². The number of esters is 1. The van der Waals surface area contributed by atoms with Crippen molar-refractivity contribution in [3.05, 3.63) is 90.3 Å². The fourth-order valence-electron chi connectivity index (χ4n) is 5.08. The van der Waals surface area contributed by atoms with E-state index < -0.39 is 29.3 Å². The van der Waals surface area contributed by atoms with Gasteiger partial charge in [0.15, 0.2) is 23.2 Å². The molecule has 1 saturated carbocycles. The van der Waals surface area contributed by atoms with Gasteiger partial charge in [-0.1, -0.05) is 43.7 Å². The van der Waals surface area contributed by atoms with Gasteiger partial charge in [0.25, 0.3) is 0 Å². The Morgan fingerprint density at radius 3 is 2.27 bits per heavy atom. The van der Waals surface area contributed by atoms with Crippen molar-refractivity contribution in [3.63, 3.8) is 0 Å². The minimum Gasteiger partial charge on any atom is -0.494 e. The molecule has 3 aromatic carbocycles. The lowest BCUT2D eigenvalue weighted by Gasteiger charge is -2.28. The topological polar surface area (TPSA) is 44.8 Å². The zero-order chi connectivity index (χ0) is 29.2. The molecule has 0 aromatic heterocycles. The van der Waals surface area contributed by atoms with Crippen LogP contribution in [0.3, 0.4) is 0 Å². The molecule has 0 bridgehead atoms. The molecule has 4 rings (SSSR count). The molecule has 3 aromatic rings. The van der Waals surface area contributed by atoms with Crippen molar-refractivity contribution in [1.29, 1.82) is 0 Å². The maximum atomic E-state index is 15.2. The molecule has 0 saturated heterocycles. The summed E-state index contributed by atoms with van der Waals surface area (Å²) in [5.41, 5.74) is 1.10. The molecule has 0 radical (unpaired) electrons. The lowest BCUT2D eigenvalue weighted by atomic mass is 9.78. The second-order valence-electron chi connectivity index (χ2n) is 10.4. The minimum absolute atomic E-state index is 0.100. The van der Waals surface area contributed by atoms with Gasteiger partial charge in [-0.05, 0) is 86.3 Å². The predicted molar refractivity (Wildman–Crippen MR) is 154 cm³/mol. The molecule has 0 heterocycles. The van der Waals surface area contributed by atoms with E-state index in [0.29, 0.717) is 55.8 Å². The Bertz CT molecular complexity index is 1310. The van der Waals surface area contributed by atoms with Crippen LogP contribution in [0.25, 0.3) is 11.1 Å². The molecule has 0 amide bonds. The second kappa shape index (κ2) is 14.8. The summed E-state index contributed by atoms with van der Waals surface area (Å²) in [6.07, 6.45) is 7.24. The first-order valence-electron chi connectivity index (χ1n) is 14.4. The third-order valence-electron chi connectivity index (χ3n) is 7.48. The Balaban J connectivity index is 1.32. The molecule has 0 N–H and O–H groups in total. The van der Waals surface area contributed by atoms with Gasteiger partial charge >= 0.3 is 5.97 Å². The number of allylic oxidation sites excluding steroid dienone is 1. The van der Waals surface area contributed by atoms with Crippen molar-refractivity contribution in [1.82, 2.24) is 0 Å². The second-order valence-corrected chi connectivity index (χ2v) is 10.4. The molecule has 1 aliphatic rings. The number of hydrogen-bond acceptors (Lipinski definition) is 4. The van der Waals surface area contributed by atoms with Crippen LogP contribution in [0.4, 0.5) is 13.2 Å². The van der Waals surface area contributed by atoms with E-state index in [0.717, 1.165) is 31.7 Å². The van der Waals surface area contributed by atoms with E-state index in [2.05, 4.69) is 13.5 Å². The van der Waals surface area contributed by atoms with E-state index in [1.165, 1.54) is 12.1 Å². The van der Waals surface area contributed by atoms with Crippen molar-refractivity contribution in [3.8, 4) is 28.4 Å². The third-order valence-corrected chi connectivity index (χ3v) is 7.48. The number of rotatable bonds is 13. The van der Waals surface area contributed by atoms with Crippen LogP contribution in [0.2, 0.25) is 0 Å². The van der Waals surface area contributed by atoms with Crippen LogP contribution in [0.5, 0.6) is 17.2 Å². The zero-order valence-corrected chi connectivity index (χ0v) is 23.5. The lowest BCUT2D eigenvalue weighted by molar-refractivity contribution is -0.140. The standard InChI is InChI=1S/C34H37F3O4/c1-3-5-7-21-40-31-19-16-27(22-30(31)35)41-34(38)25-10-8-23(9-11-25)28-17-18-29(33(37)32(28)36)24-12-14-26(15-13-24)39-20-6-4-2/h3,12-19,22-23,25H,1,4-11,20-21H2,2H3. The number of ether oxygens (including phenoxy) is 3. The average Bonchev–Trinajstić information content (AvgIpc) is 2.98. The van der Waals surface area contributed by atoms with Crippen LogP contribution in [-0.2, 0) is 4.79 Å². The van der Waals surface area contributed by atoms with Gasteiger partial charge in [-0.25, -0.2) is 13.2 Å². The largest absolute Gasteiger partial charge is 0.494 e. The Morgan fingerprint density at radius 1 is 0.878 bits per heavy atom. The van der Waals surface area contributed by atoms with Crippen LogP contribution in [-0.4, -0.2) is 19.2 Å². The first kappa shape index (κ1) is 30.2. The Hall–Kier alpha value is -3.74. The average molecular weight is 567 g/mol. The highest BCUT2D eigenvalue weighted by Gasteiger charge is 2.31. The molecule has 1 aliphatic carbocycles. The fraction of sp³-hybridized carbons (Fsp3) is 0.382. The quantitative estimate of drug-likeness (QED) is 0.0896. The van der Waals surface area contributed by atoms with Crippen LogP contribution >= 0.6 is 0 Å². The summed E-state index contributed by atoms with van der Waals surface area (Å²) in [5.74, 6) is -2.47. The molecular weight excluding hydrogens is 529 g/mol.